The van der Waals surface area contributed by atoms with Gasteiger partial charge < -0.3 is 14.7 Å². The van der Waals surface area contributed by atoms with E-state index in [2.05, 4.69) is 4.90 Å². The predicted octanol–water partition coefficient (Wildman–Crippen LogP) is 2.51. The predicted molar refractivity (Wildman–Crippen MR) is 106 cm³/mol. The van der Waals surface area contributed by atoms with Crippen LogP contribution in [-0.4, -0.2) is 67.3 Å². The summed E-state index contributed by atoms with van der Waals surface area (Å²) in [7, 11) is 1.72. The number of phenolic OH excluding ortho intramolecular Hbond substituents is 1. The Labute approximate surface area is 161 Å². The molecule has 5 heteroatoms. The Morgan fingerprint density at radius 3 is 2.33 bits per heavy atom. The molecule has 3 rings (SSSR count). The minimum absolute atomic E-state index is 0.181. The highest BCUT2D eigenvalue weighted by Gasteiger charge is 2.28. The van der Waals surface area contributed by atoms with Gasteiger partial charge in [-0.2, -0.15) is 0 Å². The average Bonchev–Trinajstić information content (AvgIpc) is 2.72. The maximum atomic E-state index is 13.3. The molecule has 0 unspecified atom stereocenters. The lowest BCUT2D eigenvalue weighted by molar-refractivity contribution is -0.134. The number of hydrogen-bond donors (Lipinski definition) is 1. The summed E-state index contributed by atoms with van der Waals surface area (Å²) in [6, 6.07) is 17.1. The quantitative estimate of drug-likeness (QED) is 0.816. The van der Waals surface area contributed by atoms with Crippen molar-refractivity contribution in [1.82, 2.24) is 9.80 Å². The van der Waals surface area contributed by atoms with E-state index in [0.717, 1.165) is 50.5 Å². The van der Waals surface area contributed by atoms with E-state index >= 15 is 0 Å². The highest BCUT2D eigenvalue weighted by molar-refractivity contribution is 5.84. The highest BCUT2D eigenvalue weighted by atomic mass is 16.5. The molecule has 1 N–H and O–H groups in total. The molecule has 0 aliphatic carbocycles. The zero-order chi connectivity index (χ0) is 19.1. The van der Waals surface area contributed by atoms with Crippen molar-refractivity contribution in [2.24, 2.45) is 0 Å². The third kappa shape index (κ3) is 5.31. The first-order valence-corrected chi connectivity index (χ1v) is 9.50. The summed E-state index contributed by atoms with van der Waals surface area (Å²) in [6.07, 6.45) is 0.632. The number of ether oxygens (including phenoxy) is 1. The van der Waals surface area contributed by atoms with Crippen molar-refractivity contribution in [3.8, 4) is 5.75 Å². The first-order chi connectivity index (χ1) is 13.2. The number of rotatable bonds is 7. The number of phenols is 1. The fourth-order valence-electron chi connectivity index (χ4n) is 3.53. The Morgan fingerprint density at radius 1 is 1.04 bits per heavy atom. The largest absolute Gasteiger partial charge is 0.508 e. The fourth-order valence-corrected chi connectivity index (χ4v) is 3.53. The molecule has 1 saturated heterocycles. The van der Waals surface area contributed by atoms with E-state index in [1.54, 1.807) is 19.2 Å². The molecule has 1 aliphatic heterocycles. The van der Waals surface area contributed by atoms with Crippen molar-refractivity contribution in [2.75, 3.05) is 46.4 Å². The van der Waals surface area contributed by atoms with E-state index < -0.39 is 0 Å². The number of hydrogen-bond acceptors (Lipinski definition) is 4. The summed E-state index contributed by atoms with van der Waals surface area (Å²) in [4.78, 5) is 17.6. The molecule has 0 radical (unpaired) electrons. The van der Waals surface area contributed by atoms with Gasteiger partial charge in [0.25, 0.3) is 0 Å². The number of amides is 1. The Balaban J connectivity index is 1.71. The summed E-state index contributed by atoms with van der Waals surface area (Å²) in [5.41, 5.74) is 2.09. The maximum Gasteiger partial charge on any atom is 0.230 e. The van der Waals surface area contributed by atoms with E-state index in [4.69, 9.17) is 4.74 Å². The van der Waals surface area contributed by atoms with Crippen molar-refractivity contribution >= 4 is 5.91 Å². The zero-order valence-corrected chi connectivity index (χ0v) is 15.9. The normalized spacial score (nSPS) is 16.3. The van der Waals surface area contributed by atoms with Crippen molar-refractivity contribution in [3.05, 3.63) is 65.7 Å². The van der Waals surface area contributed by atoms with E-state index in [0.29, 0.717) is 6.42 Å². The maximum absolute atomic E-state index is 13.3. The topological polar surface area (TPSA) is 53.0 Å². The second kappa shape index (κ2) is 9.53. The number of benzene rings is 2. The van der Waals surface area contributed by atoms with Gasteiger partial charge in [-0.25, -0.2) is 0 Å². The number of methoxy groups -OCH3 is 1. The van der Waals surface area contributed by atoms with Crippen molar-refractivity contribution in [3.63, 3.8) is 0 Å². The Bertz CT molecular complexity index is 710. The Hall–Kier alpha value is -2.37. The van der Waals surface area contributed by atoms with Crippen LogP contribution in [0, 0.1) is 0 Å². The van der Waals surface area contributed by atoms with Crippen molar-refractivity contribution in [1.29, 1.82) is 0 Å². The van der Waals surface area contributed by atoms with E-state index in [1.165, 1.54) is 0 Å². The van der Waals surface area contributed by atoms with Gasteiger partial charge in [0.05, 0.1) is 12.5 Å². The van der Waals surface area contributed by atoms with Crippen LogP contribution in [0.3, 0.4) is 0 Å². The molecule has 0 saturated carbocycles. The lowest BCUT2D eigenvalue weighted by atomic mass is 9.90. The van der Waals surface area contributed by atoms with Crippen LogP contribution in [0.25, 0.3) is 0 Å². The molecule has 1 heterocycles. The van der Waals surface area contributed by atoms with Crippen LogP contribution >= 0.6 is 0 Å². The lowest BCUT2D eigenvalue weighted by Crippen LogP contribution is -2.50. The number of piperazine rings is 1. The van der Waals surface area contributed by atoms with Crippen molar-refractivity contribution in [2.45, 2.75) is 12.3 Å². The fraction of sp³-hybridized carbons (Fsp3) is 0.409. The van der Waals surface area contributed by atoms with Gasteiger partial charge >= 0.3 is 0 Å². The molecule has 1 atom stereocenters. The van der Waals surface area contributed by atoms with E-state index in [9.17, 15) is 9.90 Å². The van der Waals surface area contributed by atoms with Gasteiger partial charge in [-0.1, -0.05) is 42.5 Å². The molecule has 27 heavy (non-hydrogen) atoms. The average molecular weight is 368 g/mol. The minimum atomic E-state index is -0.207. The summed E-state index contributed by atoms with van der Waals surface area (Å²) in [5.74, 6) is 0.218. The molecule has 2 aromatic rings. The monoisotopic (exact) mass is 368 g/mol. The van der Waals surface area contributed by atoms with Crippen molar-refractivity contribution < 1.29 is 14.6 Å². The van der Waals surface area contributed by atoms with Gasteiger partial charge in [-0.3, -0.25) is 9.69 Å². The van der Waals surface area contributed by atoms with Crippen LogP contribution in [0.4, 0.5) is 0 Å². The smallest absolute Gasteiger partial charge is 0.230 e. The molecule has 0 spiro atoms. The molecule has 0 bridgehead atoms. The van der Waals surface area contributed by atoms with Gasteiger partial charge in [0.2, 0.25) is 5.91 Å². The summed E-state index contributed by atoms with van der Waals surface area (Å²) in [5, 5.41) is 9.52. The van der Waals surface area contributed by atoms with Gasteiger partial charge in [-0.05, 0) is 29.7 Å². The van der Waals surface area contributed by atoms with Crippen LogP contribution in [0.1, 0.15) is 17.0 Å². The number of nitrogens with zero attached hydrogens (tertiary/aromatic N) is 2. The summed E-state index contributed by atoms with van der Waals surface area (Å²) < 4.78 is 5.15. The Kier molecular flexibility index (Phi) is 6.85. The third-order valence-electron chi connectivity index (χ3n) is 5.17. The first kappa shape index (κ1) is 19.4. The molecule has 5 nitrogen and oxygen atoms in total. The molecule has 1 amide bonds. The van der Waals surface area contributed by atoms with E-state index in [-0.39, 0.29) is 17.6 Å². The van der Waals surface area contributed by atoms with Crippen LogP contribution in [0.5, 0.6) is 5.75 Å². The molecule has 144 valence electrons. The van der Waals surface area contributed by atoms with Gasteiger partial charge in [0.15, 0.2) is 0 Å². The minimum Gasteiger partial charge on any atom is -0.508 e. The standard InChI is InChI=1S/C22H28N2O3/c1-27-16-15-23-11-13-24(14-12-23)22(26)21(19-5-3-2-4-6-19)17-18-7-9-20(25)10-8-18/h2-10,21,25H,11-17H2,1H3/t21-/m0/s1. The number of aromatic hydroxyl groups is 1. The van der Waals surface area contributed by atoms with Gasteiger partial charge in [0, 0.05) is 39.8 Å². The molecule has 0 aromatic heterocycles. The number of carbonyl (C=O) groups excluding carboxylic acids is 1. The third-order valence-corrected chi connectivity index (χ3v) is 5.17. The van der Waals surface area contributed by atoms with Crippen LogP contribution in [0.2, 0.25) is 0 Å². The highest BCUT2D eigenvalue weighted by Crippen LogP contribution is 2.25. The second-order valence-electron chi connectivity index (χ2n) is 6.99. The van der Waals surface area contributed by atoms with E-state index in [1.807, 2.05) is 47.4 Å². The first-order valence-electron chi connectivity index (χ1n) is 9.50. The molecular weight excluding hydrogens is 340 g/mol. The van der Waals surface area contributed by atoms with Gasteiger partial charge in [-0.15, -0.1) is 0 Å². The summed E-state index contributed by atoms with van der Waals surface area (Å²) in [6.45, 7) is 4.91. The number of carbonyl (C=O) groups is 1. The summed E-state index contributed by atoms with van der Waals surface area (Å²) >= 11 is 0. The van der Waals surface area contributed by atoms with Gasteiger partial charge in [0.1, 0.15) is 5.75 Å². The van der Waals surface area contributed by atoms with Crippen LogP contribution in [-0.2, 0) is 16.0 Å². The molecule has 1 aliphatic rings. The second-order valence-corrected chi connectivity index (χ2v) is 6.99. The molecule has 1 fully saturated rings. The lowest BCUT2D eigenvalue weighted by Gasteiger charge is -2.36. The SMILES string of the molecule is COCCN1CCN(C(=O)[C@@H](Cc2ccc(O)cc2)c2ccccc2)CC1. The van der Waals surface area contributed by atoms with Crippen LogP contribution in [0.15, 0.2) is 54.6 Å². The molecular formula is C22H28N2O3. The Morgan fingerprint density at radius 2 is 1.70 bits per heavy atom. The zero-order valence-electron chi connectivity index (χ0n) is 15.9. The van der Waals surface area contributed by atoms with Crippen LogP contribution < -0.4 is 0 Å². The molecule has 2 aromatic carbocycles.